The number of anilines is 2. The second-order valence-electron chi connectivity index (χ2n) is 3.93. The Bertz CT molecular complexity index is 475. The van der Waals surface area contributed by atoms with Gasteiger partial charge in [0.05, 0.1) is 12.3 Å². The maximum atomic E-state index is 5.38. The molecular formula is C12H17N5O. The molecule has 1 atom stereocenters. The van der Waals surface area contributed by atoms with Crippen LogP contribution >= 0.6 is 0 Å². The van der Waals surface area contributed by atoms with E-state index in [9.17, 15) is 0 Å². The van der Waals surface area contributed by atoms with Crippen LogP contribution in [0.3, 0.4) is 0 Å². The van der Waals surface area contributed by atoms with Crippen molar-refractivity contribution in [3.63, 3.8) is 0 Å². The molecule has 0 aliphatic heterocycles. The molecule has 1 unspecified atom stereocenters. The fourth-order valence-corrected chi connectivity index (χ4v) is 1.63. The van der Waals surface area contributed by atoms with Crippen LogP contribution in [0.25, 0.3) is 0 Å². The molecule has 0 bridgehead atoms. The van der Waals surface area contributed by atoms with Gasteiger partial charge in [0, 0.05) is 12.5 Å². The Morgan fingerprint density at radius 3 is 2.78 bits per heavy atom. The van der Waals surface area contributed by atoms with E-state index in [0.717, 1.165) is 23.8 Å². The monoisotopic (exact) mass is 247 g/mol. The zero-order valence-electron chi connectivity index (χ0n) is 10.5. The van der Waals surface area contributed by atoms with E-state index in [1.54, 1.807) is 12.3 Å². The first-order valence-corrected chi connectivity index (χ1v) is 5.87. The molecule has 0 aliphatic rings. The van der Waals surface area contributed by atoms with Gasteiger partial charge in [0.2, 0.25) is 0 Å². The van der Waals surface area contributed by atoms with Crippen LogP contribution in [0.4, 0.5) is 11.6 Å². The fraction of sp³-hybridized carbons (Fsp3) is 0.333. The Hall–Kier alpha value is -2.08. The fourth-order valence-electron chi connectivity index (χ4n) is 1.63. The molecule has 2 rings (SSSR count). The van der Waals surface area contributed by atoms with Gasteiger partial charge in [0.25, 0.3) is 0 Å². The Kier molecular flexibility index (Phi) is 3.78. The largest absolute Gasteiger partial charge is 0.467 e. The van der Waals surface area contributed by atoms with E-state index in [4.69, 9.17) is 10.3 Å². The summed E-state index contributed by atoms with van der Waals surface area (Å²) in [7, 11) is 0. The van der Waals surface area contributed by atoms with Gasteiger partial charge in [-0.15, -0.1) is 0 Å². The molecular weight excluding hydrogens is 230 g/mol. The second kappa shape index (κ2) is 5.50. The van der Waals surface area contributed by atoms with E-state index in [-0.39, 0.29) is 6.04 Å². The molecule has 96 valence electrons. The van der Waals surface area contributed by atoms with Crippen molar-refractivity contribution in [2.24, 2.45) is 5.84 Å². The molecule has 0 radical (unpaired) electrons. The minimum atomic E-state index is 0.0326. The lowest BCUT2D eigenvalue weighted by Crippen LogP contribution is -2.13. The zero-order chi connectivity index (χ0) is 13.0. The van der Waals surface area contributed by atoms with Crippen LogP contribution in [0.1, 0.15) is 31.5 Å². The predicted molar refractivity (Wildman–Crippen MR) is 70.0 cm³/mol. The molecule has 6 heteroatoms. The molecule has 0 amide bonds. The highest BCUT2D eigenvalue weighted by molar-refractivity contribution is 5.47. The average molecular weight is 247 g/mol. The molecule has 18 heavy (non-hydrogen) atoms. The molecule has 2 heterocycles. The maximum Gasteiger partial charge on any atom is 0.145 e. The van der Waals surface area contributed by atoms with Gasteiger partial charge in [0.15, 0.2) is 0 Å². The van der Waals surface area contributed by atoms with Gasteiger partial charge < -0.3 is 15.2 Å². The van der Waals surface area contributed by atoms with E-state index in [1.807, 2.05) is 26.0 Å². The van der Waals surface area contributed by atoms with E-state index in [0.29, 0.717) is 5.82 Å². The SMILES string of the molecule is CCc1nc(NN)cc(NC(C)c2ccco2)n1. The molecule has 6 nitrogen and oxygen atoms in total. The summed E-state index contributed by atoms with van der Waals surface area (Å²) >= 11 is 0. The number of nitrogens with two attached hydrogens (primary N) is 1. The lowest BCUT2D eigenvalue weighted by molar-refractivity contribution is 0.490. The summed E-state index contributed by atoms with van der Waals surface area (Å²) in [5, 5.41) is 3.25. The van der Waals surface area contributed by atoms with Crippen molar-refractivity contribution in [3.05, 3.63) is 36.0 Å². The van der Waals surface area contributed by atoms with Crippen LogP contribution in [0.2, 0.25) is 0 Å². The van der Waals surface area contributed by atoms with Crippen LogP contribution in [-0.4, -0.2) is 9.97 Å². The first kappa shape index (κ1) is 12.4. The summed E-state index contributed by atoms with van der Waals surface area (Å²) in [4.78, 5) is 8.62. The molecule has 0 saturated carbocycles. The molecule has 2 aromatic heterocycles. The van der Waals surface area contributed by atoms with Crippen molar-refractivity contribution < 1.29 is 4.42 Å². The summed E-state index contributed by atoms with van der Waals surface area (Å²) in [5.41, 5.74) is 2.54. The van der Waals surface area contributed by atoms with Crippen molar-refractivity contribution in [1.29, 1.82) is 0 Å². The summed E-state index contributed by atoms with van der Waals surface area (Å²) in [6.45, 7) is 4.00. The number of nitrogen functional groups attached to an aromatic ring is 1. The quantitative estimate of drug-likeness (QED) is 0.554. The van der Waals surface area contributed by atoms with Crippen LogP contribution < -0.4 is 16.6 Å². The Balaban J connectivity index is 2.17. The third kappa shape index (κ3) is 2.78. The minimum absolute atomic E-state index is 0.0326. The smallest absolute Gasteiger partial charge is 0.145 e. The van der Waals surface area contributed by atoms with Crippen LogP contribution in [0, 0.1) is 0 Å². The topological polar surface area (TPSA) is 89.0 Å². The van der Waals surface area contributed by atoms with E-state index >= 15 is 0 Å². The van der Waals surface area contributed by atoms with Crippen molar-refractivity contribution in [2.45, 2.75) is 26.3 Å². The first-order chi connectivity index (χ1) is 8.72. The van der Waals surface area contributed by atoms with Crippen molar-refractivity contribution in [1.82, 2.24) is 9.97 Å². The number of furan rings is 1. The highest BCUT2D eigenvalue weighted by Crippen LogP contribution is 2.19. The van der Waals surface area contributed by atoms with Gasteiger partial charge in [0.1, 0.15) is 23.2 Å². The van der Waals surface area contributed by atoms with Gasteiger partial charge in [-0.05, 0) is 19.1 Å². The normalized spacial score (nSPS) is 12.2. The highest BCUT2D eigenvalue weighted by Gasteiger charge is 2.10. The summed E-state index contributed by atoms with van der Waals surface area (Å²) in [6, 6.07) is 5.57. The minimum Gasteiger partial charge on any atom is -0.467 e. The Labute approximate surface area is 106 Å². The third-order valence-electron chi connectivity index (χ3n) is 2.57. The lowest BCUT2D eigenvalue weighted by atomic mass is 10.2. The van der Waals surface area contributed by atoms with E-state index in [2.05, 4.69) is 20.7 Å². The highest BCUT2D eigenvalue weighted by atomic mass is 16.3. The molecule has 4 N–H and O–H groups in total. The number of nitrogens with zero attached hydrogens (tertiary/aromatic N) is 2. The average Bonchev–Trinajstić information content (AvgIpc) is 2.92. The number of nitrogens with one attached hydrogen (secondary N) is 2. The molecule has 0 saturated heterocycles. The first-order valence-electron chi connectivity index (χ1n) is 5.87. The van der Waals surface area contributed by atoms with E-state index < -0.39 is 0 Å². The maximum absolute atomic E-state index is 5.38. The van der Waals surface area contributed by atoms with Crippen LogP contribution in [0.5, 0.6) is 0 Å². The molecule has 0 aliphatic carbocycles. The lowest BCUT2D eigenvalue weighted by Gasteiger charge is -2.13. The molecule has 0 aromatic carbocycles. The van der Waals surface area contributed by atoms with E-state index in [1.165, 1.54) is 0 Å². The van der Waals surface area contributed by atoms with Gasteiger partial charge >= 0.3 is 0 Å². The molecule has 2 aromatic rings. The zero-order valence-corrected chi connectivity index (χ0v) is 10.5. The van der Waals surface area contributed by atoms with Crippen molar-refractivity contribution in [3.8, 4) is 0 Å². The number of rotatable bonds is 5. The number of hydrogen-bond acceptors (Lipinski definition) is 6. The van der Waals surface area contributed by atoms with Gasteiger partial charge in [-0.25, -0.2) is 15.8 Å². The van der Waals surface area contributed by atoms with Gasteiger partial charge in [-0.3, -0.25) is 0 Å². The predicted octanol–water partition coefficient (Wildman–Crippen LogP) is 2.09. The van der Waals surface area contributed by atoms with Crippen LogP contribution in [-0.2, 0) is 6.42 Å². The third-order valence-corrected chi connectivity index (χ3v) is 2.57. The second-order valence-corrected chi connectivity index (χ2v) is 3.93. The number of aromatic nitrogens is 2. The number of aryl methyl sites for hydroxylation is 1. The number of hydrazine groups is 1. The Morgan fingerprint density at radius 1 is 1.39 bits per heavy atom. The van der Waals surface area contributed by atoms with Gasteiger partial charge in [-0.2, -0.15) is 0 Å². The van der Waals surface area contributed by atoms with Gasteiger partial charge in [-0.1, -0.05) is 6.92 Å². The molecule has 0 spiro atoms. The number of hydrogen-bond donors (Lipinski definition) is 3. The van der Waals surface area contributed by atoms with Crippen LogP contribution in [0.15, 0.2) is 28.9 Å². The molecule has 0 fully saturated rings. The summed E-state index contributed by atoms with van der Waals surface area (Å²) < 4.78 is 5.33. The standard InChI is InChI=1S/C12H17N5O/c1-3-10-15-11(7-12(16-10)17-13)14-8(2)9-5-4-6-18-9/h4-8H,3,13H2,1-2H3,(H2,14,15,16,17). The summed E-state index contributed by atoms with van der Waals surface area (Å²) in [6.07, 6.45) is 2.40. The van der Waals surface area contributed by atoms with Crippen molar-refractivity contribution in [2.75, 3.05) is 10.7 Å². The van der Waals surface area contributed by atoms with Crippen molar-refractivity contribution >= 4 is 11.6 Å². The Morgan fingerprint density at radius 2 is 2.17 bits per heavy atom. The summed E-state index contributed by atoms with van der Waals surface area (Å²) in [5.74, 6) is 8.29.